The van der Waals surface area contributed by atoms with E-state index in [1.807, 2.05) is 12.1 Å². The fourth-order valence-corrected chi connectivity index (χ4v) is 2.99. The molecule has 18 heavy (non-hydrogen) atoms. The lowest BCUT2D eigenvalue weighted by molar-refractivity contribution is -0.147. The highest BCUT2D eigenvalue weighted by molar-refractivity contribution is 5.82. The van der Waals surface area contributed by atoms with Gasteiger partial charge in [0.05, 0.1) is 5.41 Å². The largest absolute Gasteiger partial charge is 0.481 e. The number of carboxylic acid groups (broad SMARTS) is 1. The van der Waals surface area contributed by atoms with Crippen LogP contribution < -0.4 is 0 Å². The second-order valence-electron chi connectivity index (χ2n) is 5.38. The minimum atomic E-state index is -0.663. The van der Waals surface area contributed by atoms with Gasteiger partial charge >= 0.3 is 5.97 Å². The van der Waals surface area contributed by atoms with Crippen LogP contribution in [0.5, 0.6) is 0 Å². The molecule has 0 atom stereocenters. The smallest absolute Gasteiger partial charge is 0.314 e. The average molecular weight is 246 g/mol. The summed E-state index contributed by atoms with van der Waals surface area (Å²) in [5.74, 6) is -0.0646. The molecule has 2 rings (SSSR count). The van der Waals surface area contributed by atoms with E-state index in [0.29, 0.717) is 5.92 Å². The van der Waals surface area contributed by atoms with Gasteiger partial charge in [-0.15, -0.1) is 0 Å². The van der Waals surface area contributed by atoms with Gasteiger partial charge in [-0.25, -0.2) is 0 Å². The highest BCUT2D eigenvalue weighted by Crippen LogP contribution is 2.44. The first-order chi connectivity index (χ1) is 8.64. The van der Waals surface area contributed by atoms with Gasteiger partial charge in [-0.05, 0) is 42.7 Å². The topological polar surface area (TPSA) is 37.3 Å². The molecule has 1 aromatic rings. The lowest BCUT2D eigenvalue weighted by Crippen LogP contribution is -2.42. The van der Waals surface area contributed by atoms with Crippen molar-refractivity contribution in [3.63, 3.8) is 0 Å². The maximum absolute atomic E-state index is 11.4. The summed E-state index contributed by atoms with van der Waals surface area (Å²) in [6.07, 6.45) is 4.87. The molecule has 0 spiro atoms. The fourth-order valence-electron chi connectivity index (χ4n) is 2.99. The minimum Gasteiger partial charge on any atom is -0.481 e. The van der Waals surface area contributed by atoms with Gasteiger partial charge in [0.15, 0.2) is 0 Å². The zero-order valence-electron chi connectivity index (χ0n) is 11.3. The monoisotopic (exact) mass is 246 g/mol. The van der Waals surface area contributed by atoms with Crippen LogP contribution in [-0.4, -0.2) is 11.1 Å². The minimum absolute atomic E-state index is 0.591. The summed E-state index contributed by atoms with van der Waals surface area (Å²) < 4.78 is 0. The van der Waals surface area contributed by atoms with Gasteiger partial charge in [0, 0.05) is 0 Å². The quantitative estimate of drug-likeness (QED) is 0.849. The van der Waals surface area contributed by atoms with Crippen molar-refractivity contribution in [1.82, 2.24) is 0 Å². The van der Waals surface area contributed by atoms with Gasteiger partial charge in [0.2, 0.25) is 0 Å². The van der Waals surface area contributed by atoms with Gasteiger partial charge in [-0.1, -0.05) is 44.5 Å². The van der Waals surface area contributed by atoms with Crippen molar-refractivity contribution in [2.75, 3.05) is 0 Å². The van der Waals surface area contributed by atoms with Crippen molar-refractivity contribution >= 4 is 5.97 Å². The van der Waals surface area contributed by atoms with Gasteiger partial charge in [0.25, 0.3) is 0 Å². The van der Waals surface area contributed by atoms with Crippen LogP contribution in [0.4, 0.5) is 0 Å². The molecule has 0 bridgehead atoms. The van der Waals surface area contributed by atoms with E-state index in [1.165, 1.54) is 5.56 Å². The Kier molecular flexibility index (Phi) is 3.74. The Labute approximate surface area is 109 Å². The Morgan fingerprint density at radius 1 is 1.22 bits per heavy atom. The van der Waals surface area contributed by atoms with Gasteiger partial charge in [0.1, 0.15) is 0 Å². The molecule has 1 aliphatic carbocycles. The molecule has 0 aromatic heterocycles. The van der Waals surface area contributed by atoms with Gasteiger partial charge in [-0.2, -0.15) is 0 Å². The van der Waals surface area contributed by atoms with E-state index in [9.17, 15) is 9.90 Å². The molecule has 1 fully saturated rings. The molecule has 2 heteroatoms. The van der Waals surface area contributed by atoms with E-state index < -0.39 is 11.4 Å². The number of aliphatic carboxylic acids is 1. The van der Waals surface area contributed by atoms with Crippen LogP contribution in [0.15, 0.2) is 24.3 Å². The Hall–Kier alpha value is -1.31. The van der Waals surface area contributed by atoms with Crippen LogP contribution in [0.3, 0.4) is 0 Å². The molecule has 0 heterocycles. The Bertz CT molecular complexity index is 411. The van der Waals surface area contributed by atoms with Crippen LogP contribution in [0.1, 0.15) is 63.0 Å². The highest BCUT2D eigenvalue weighted by Gasteiger charge is 2.45. The number of hydrogen-bond acceptors (Lipinski definition) is 1. The Morgan fingerprint density at radius 2 is 1.78 bits per heavy atom. The molecule has 0 amide bonds. The highest BCUT2D eigenvalue weighted by atomic mass is 16.4. The first-order valence-corrected chi connectivity index (χ1v) is 6.98. The maximum Gasteiger partial charge on any atom is 0.314 e. The summed E-state index contributed by atoms with van der Waals surface area (Å²) >= 11 is 0. The third-order valence-electron chi connectivity index (χ3n) is 4.54. The predicted molar refractivity (Wildman–Crippen MR) is 72.9 cm³/mol. The first kappa shape index (κ1) is 13.1. The van der Waals surface area contributed by atoms with E-state index in [-0.39, 0.29) is 0 Å². The number of hydrogen-bond donors (Lipinski definition) is 1. The molecule has 0 radical (unpaired) electrons. The Balaban J connectivity index is 2.24. The third-order valence-corrected chi connectivity index (χ3v) is 4.54. The van der Waals surface area contributed by atoms with Crippen LogP contribution in [0.25, 0.3) is 0 Å². The number of carbonyl (C=O) groups is 1. The summed E-state index contributed by atoms with van der Waals surface area (Å²) in [4.78, 5) is 11.4. The van der Waals surface area contributed by atoms with E-state index in [1.54, 1.807) is 0 Å². The molecule has 1 saturated carbocycles. The SMILES string of the molecule is CCC(CC)c1ccc(C2(C(=O)O)CCC2)cc1. The molecule has 1 N–H and O–H groups in total. The molecule has 0 unspecified atom stereocenters. The Morgan fingerprint density at radius 3 is 2.11 bits per heavy atom. The van der Waals surface area contributed by atoms with Crippen molar-refractivity contribution in [3.8, 4) is 0 Å². The van der Waals surface area contributed by atoms with Crippen LogP contribution in [0.2, 0.25) is 0 Å². The summed E-state index contributed by atoms with van der Waals surface area (Å²) in [5.41, 5.74) is 1.73. The van der Waals surface area contributed by atoms with Gasteiger partial charge in [-0.3, -0.25) is 4.79 Å². The molecule has 0 saturated heterocycles. The molecule has 1 aliphatic rings. The summed E-state index contributed by atoms with van der Waals surface area (Å²) in [7, 11) is 0. The van der Waals surface area contributed by atoms with Gasteiger partial charge < -0.3 is 5.11 Å². The normalized spacial score (nSPS) is 17.5. The van der Waals surface area contributed by atoms with Crippen molar-refractivity contribution < 1.29 is 9.90 Å². The van der Waals surface area contributed by atoms with E-state index in [0.717, 1.165) is 37.7 Å². The van der Waals surface area contributed by atoms with E-state index in [4.69, 9.17) is 0 Å². The summed E-state index contributed by atoms with van der Waals surface area (Å²) in [6, 6.07) is 8.30. The van der Waals surface area contributed by atoms with Crippen molar-refractivity contribution in [2.24, 2.45) is 0 Å². The van der Waals surface area contributed by atoms with Crippen LogP contribution in [0, 0.1) is 0 Å². The van der Waals surface area contributed by atoms with Crippen molar-refractivity contribution in [2.45, 2.75) is 57.3 Å². The number of rotatable bonds is 5. The summed E-state index contributed by atoms with van der Waals surface area (Å²) in [5, 5.41) is 9.41. The standard InChI is InChI=1S/C16H22O2/c1-3-12(4-2)13-6-8-14(9-7-13)16(15(17)18)10-5-11-16/h6-9,12H,3-5,10-11H2,1-2H3,(H,17,18). The molecular formula is C16H22O2. The average Bonchev–Trinajstić information content (AvgIpc) is 2.30. The van der Waals surface area contributed by atoms with E-state index in [2.05, 4.69) is 26.0 Å². The lowest BCUT2D eigenvalue weighted by atomic mass is 9.64. The first-order valence-electron chi connectivity index (χ1n) is 6.98. The second-order valence-corrected chi connectivity index (χ2v) is 5.38. The van der Waals surface area contributed by atoms with Crippen LogP contribution in [-0.2, 0) is 10.2 Å². The lowest BCUT2D eigenvalue weighted by Gasteiger charge is -2.38. The molecular weight excluding hydrogens is 224 g/mol. The number of benzene rings is 1. The fraction of sp³-hybridized carbons (Fsp3) is 0.562. The maximum atomic E-state index is 11.4. The molecule has 0 aliphatic heterocycles. The van der Waals surface area contributed by atoms with Crippen molar-refractivity contribution in [3.05, 3.63) is 35.4 Å². The van der Waals surface area contributed by atoms with Crippen LogP contribution >= 0.6 is 0 Å². The molecule has 1 aromatic carbocycles. The van der Waals surface area contributed by atoms with Crippen molar-refractivity contribution in [1.29, 1.82) is 0 Å². The second kappa shape index (κ2) is 5.13. The summed E-state index contributed by atoms with van der Waals surface area (Å²) in [6.45, 7) is 4.40. The third kappa shape index (κ3) is 2.05. The molecule has 98 valence electrons. The van der Waals surface area contributed by atoms with E-state index >= 15 is 0 Å². The number of carboxylic acids is 1. The zero-order chi connectivity index (χ0) is 13.2. The predicted octanol–water partition coefficient (Wildman–Crippen LogP) is 4.10. The molecule has 2 nitrogen and oxygen atoms in total. The zero-order valence-corrected chi connectivity index (χ0v) is 11.3.